The van der Waals surface area contributed by atoms with Crippen LogP contribution in [0, 0.1) is 23.7 Å². The Morgan fingerprint density at radius 3 is 2.38 bits per heavy atom. The molecule has 14 atom stereocenters. The van der Waals surface area contributed by atoms with Crippen molar-refractivity contribution in [3.8, 4) is 0 Å². The van der Waals surface area contributed by atoms with E-state index in [0.717, 1.165) is 0 Å². The summed E-state index contributed by atoms with van der Waals surface area (Å²) < 4.78 is 36.5. The van der Waals surface area contributed by atoms with Crippen molar-refractivity contribution >= 4 is 17.9 Å². The summed E-state index contributed by atoms with van der Waals surface area (Å²) in [6.45, 7) is 14.6. The normalized spacial score (nSPS) is 50.1. The maximum atomic E-state index is 13.8. The van der Waals surface area contributed by atoms with Crippen LogP contribution in [0.3, 0.4) is 0 Å². The number of fused-ring (bicyclic) bond motifs is 2. The molecule has 4 heterocycles. The maximum absolute atomic E-state index is 13.8. The average Bonchev–Trinajstić information content (AvgIpc) is 3.38. The number of ketones is 1. The highest BCUT2D eigenvalue weighted by molar-refractivity contribution is 6.00. The van der Waals surface area contributed by atoms with E-state index < -0.39 is 77.9 Å². The molecule has 11 heteroatoms. The quantitative estimate of drug-likeness (QED) is 0.373. The van der Waals surface area contributed by atoms with E-state index >= 15 is 0 Å². The van der Waals surface area contributed by atoms with Crippen LogP contribution in [0.4, 0.5) is 4.79 Å². The SMILES string of the molecule is CC[C@H]1OC(=O)O[C@@]1(C)[C@@H]1OC(=O)[C@H](C)C(=O)[C@H](C)[C@@H](O[C@@H]2OC(C)CC(NC)C2O)[C@@]2(C)CC(C)C(O2)[C@@H]1C. The summed E-state index contributed by atoms with van der Waals surface area (Å²) in [5.41, 5.74) is -2.21. The summed E-state index contributed by atoms with van der Waals surface area (Å²) in [6.07, 6.45) is -4.13. The lowest BCUT2D eigenvalue weighted by molar-refractivity contribution is -0.290. The predicted molar refractivity (Wildman–Crippen MR) is 142 cm³/mol. The van der Waals surface area contributed by atoms with E-state index in [9.17, 15) is 19.5 Å². The van der Waals surface area contributed by atoms with E-state index in [1.54, 1.807) is 20.9 Å². The average molecular weight is 570 g/mol. The van der Waals surface area contributed by atoms with Gasteiger partial charge >= 0.3 is 12.1 Å². The fourth-order valence-electron chi connectivity index (χ4n) is 7.47. The molecule has 11 nitrogen and oxygen atoms in total. The molecule has 40 heavy (non-hydrogen) atoms. The first kappa shape index (κ1) is 31.2. The molecule has 0 aromatic carbocycles. The van der Waals surface area contributed by atoms with Gasteiger partial charge in [-0.05, 0) is 59.9 Å². The summed E-state index contributed by atoms with van der Waals surface area (Å²) in [4.78, 5) is 39.5. The Hall–Kier alpha value is -1.79. The molecule has 0 amide bonds. The Morgan fingerprint density at radius 2 is 1.75 bits per heavy atom. The van der Waals surface area contributed by atoms with Crippen LogP contribution in [0.2, 0.25) is 0 Å². The molecule has 0 saturated carbocycles. The third-order valence-corrected chi connectivity index (χ3v) is 9.63. The van der Waals surface area contributed by atoms with Crippen LogP contribution in [0.5, 0.6) is 0 Å². The Morgan fingerprint density at radius 1 is 1.07 bits per heavy atom. The Labute approximate surface area is 236 Å². The van der Waals surface area contributed by atoms with Crippen LogP contribution < -0.4 is 5.32 Å². The van der Waals surface area contributed by atoms with E-state index in [2.05, 4.69) is 5.32 Å². The van der Waals surface area contributed by atoms with Crippen LogP contribution >= 0.6 is 0 Å². The van der Waals surface area contributed by atoms with Crippen LogP contribution in [-0.4, -0.2) is 90.2 Å². The lowest BCUT2D eigenvalue weighted by atomic mass is 9.76. The van der Waals surface area contributed by atoms with E-state index in [1.165, 1.54) is 6.92 Å². The Bertz CT molecular complexity index is 976. The lowest BCUT2D eigenvalue weighted by Crippen LogP contribution is -2.58. The molecule has 0 aliphatic carbocycles. The Kier molecular flexibility index (Phi) is 8.94. The van der Waals surface area contributed by atoms with Gasteiger partial charge in [-0.1, -0.05) is 27.7 Å². The number of Topliss-reactive ketones (excluding diaryl/α,β-unsaturated/α-hetero) is 1. The van der Waals surface area contributed by atoms with Crippen LogP contribution in [0.15, 0.2) is 0 Å². The van der Waals surface area contributed by atoms with Gasteiger partial charge in [0, 0.05) is 17.9 Å². The van der Waals surface area contributed by atoms with Gasteiger partial charge in [-0.15, -0.1) is 0 Å². The number of rotatable bonds is 5. The fourth-order valence-corrected chi connectivity index (χ4v) is 7.47. The summed E-state index contributed by atoms with van der Waals surface area (Å²) >= 11 is 0. The maximum Gasteiger partial charge on any atom is 0.509 e. The second-order valence-electron chi connectivity index (χ2n) is 12.7. The molecule has 4 aliphatic rings. The van der Waals surface area contributed by atoms with Gasteiger partial charge in [-0.2, -0.15) is 0 Å². The van der Waals surface area contributed by atoms with E-state index in [1.807, 2.05) is 34.6 Å². The van der Waals surface area contributed by atoms with E-state index in [4.69, 9.17) is 28.4 Å². The minimum atomic E-state index is -1.26. The van der Waals surface area contributed by atoms with Gasteiger partial charge < -0.3 is 38.8 Å². The van der Waals surface area contributed by atoms with Crippen molar-refractivity contribution in [3.63, 3.8) is 0 Å². The summed E-state index contributed by atoms with van der Waals surface area (Å²) in [6, 6.07) is -0.246. The van der Waals surface area contributed by atoms with Gasteiger partial charge in [-0.3, -0.25) is 9.59 Å². The summed E-state index contributed by atoms with van der Waals surface area (Å²) in [5.74, 6) is -3.41. The lowest BCUT2D eigenvalue weighted by Gasteiger charge is -2.44. The van der Waals surface area contributed by atoms with Crippen molar-refractivity contribution in [1.29, 1.82) is 0 Å². The first-order valence-electron chi connectivity index (χ1n) is 14.6. The van der Waals surface area contributed by atoms with Crippen molar-refractivity contribution in [2.75, 3.05) is 7.05 Å². The van der Waals surface area contributed by atoms with Crippen LogP contribution in [0.1, 0.15) is 74.7 Å². The Balaban J connectivity index is 1.73. The van der Waals surface area contributed by atoms with E-state index in [-0.39, 0.29) is 23.8 Å². The zero-order chi connectivity index (χ0) is 29.7. The number of carbonyl (C=O) groups is 3. The van der Waals surface area contributed by atoms with Gasteiger partial charge in [0.05, 0.1) is 23.9 Å². The zero-order valence-corrected chi connectivity index (χ0v) is 25.2. The third kappa shape index (κ3) is 5.40. The number of hydrogen-bond donors (Lipinski definition) is 2. The number of aliphatic hydroxyl groups is 1. The number of nitrogens with one attached hydrogen (secondary N) is 1. The van der Waals surface area contributed by atoms with Gasteiger partial charge in [0.25, 0.3) is 0 Å². The molecule has 4 fully saturated rings. The predicted octanol–water partition coefficient (Wildman–Crippen LogP) is 2.75. The minimum absolute atomic E-state index is 0.0191. The molecule has 0 spiro atoms. The first-order valence-corrected chi connectivity index (χ1v) is 14.6. The number of cyclic esters (lactones) is 3. The highest BCUT2D eigenvalue weighted by Crippen LogP contribution is 2.48. The second-order valence-corrected chi connectivity index (χ2v) is 12.7. The molecular formula is C29H47NO10. The molecule has 2 N–H and O–H groups in total. The monoisotopic (exact) mass is 569 g/mol. The second kappa shape index (κ2) is 11.5. The minimum Gasteiger partial charge on any atom is -0.457 e. The molecule has 4 rings (SSSR count). The van der Waals surface area contributed by atoms with Crippen LogP contribution in [-0.2, 0) is 38.0 Å². The van der Waals surface area contributed by atoms with Crippen molar-refractivity contribution in [2.45, 2.75) is 135 Å². The smallest absolute Gasteiger partial charge is 0.457 e. The number of carbonyl (C=O) groups excluding carboxylic acids is 3. The van der Waals surface area contributed by atoms with Crippen molar-refractivity contribution in [3.05, 3.63) is 0 Å². The van der Waals surface area contributed by atoms with Crippen molar-refractivity contribution in [2.24, 2.45) is 23.7 Å². The fraction of sp³-hybridized carbons (Fsp3) is 0.897. The zero-order valence-electron chi connectivity index (χ0n) is 25.2. The highest BCUT2D eigenvalue weighted by atomic mass is 16.8. The number of likely N-dealkylation sites (N-methyl/N-ethyl adjacent to an activating group) is 1. The van der Waals surface area contributed by atoms with Gasteiger partial charge in [0.2, 0.25) is 0 Å². The van der Waals surface area contributed by atoms with Crippen molar-refractivity contribution in [1.82, 2.24) is 5.32 Å². The molecular weight excluding hydrogens is 522 g/mol. The number of esters is 1. The van der Waals surface area contributed by atoms with Crippen molar-refractivity contribution < 1.29 is 47.9 Å². The third-order valence-electron chi connectivity index (χ3n) is 9.63. The van der Waals surface area contributed by atoms with E-state index in [0.29, 0.717) is 19.3 Å². The highest BCUT2D eigenvalue weighted by Gasteiger charge is 2.61. The largest absolute Gasteiger partial charge is 0.509 e. The van der Waals surface area contributed by atoms with Crippen LogP contribution in [0.25, 0.3) is 0 Å². The topological polar surface area (TPSA) is 139 Å². The summed E-state index contributed by atoms with van der Waals surface area (Å²) in [5, 5.41) is 14.2. The molecule has 4 aliphatic heterocycles. The van der Waals surface area contributed by atoms with Gasteiger partial charge in [-0.25, -0.2) is 4.79 Å². The molecule has 2 bridgehead atoms. The molecule has 4 saturated heterocycles. The molecule has 0 aromatic heterocycles. The van der Waals surface area contributed by atoms with Gasteiger partial charge in [0.15, 0.2) is 17.7 Å². The first-order chi connectivity index (χ1) is 18.7. The molecule has 0 aromatic rings. The molecule has 228 valence electrons. The molecule has 0 radical (unpaired) electrons. The standard InChI is InChI=1S/C29H47NO10/c1-10-19-29(8,40-27(34)36-19)24-17(6)22-13(2)12-28(7,39-22)23(15(4)20(31)16(5)25(33)37-24)38-26-21(32)18(30-9)11-14(3)35-26/h13-19,21-24,26,30,32H,10-12H2,1-9H3/t13?,14?,15-,16+,17-,18?,19+,21?,22?,23+,24+,26-,28+,29+/m0/s1. The molecule has 5 unspecified atom stereocenters. The van der Waals surface area contributed by atoms with Gasteiger partial charge in [0.1, 0.15) is 24.2 Å². The summed E-state index contributed by atoms with van der Waals surface area (Å²) in [7, 11) is 1.77. The number of ether oxygens (including phenoxy) is 6. The number of hydrogen-bond acceptors (Lipinski definition) is 11. The number of aliphatic hydroxyl groups excluding tert-OH is 1.